The molecule has 0 bridgehead atoms. The maximum absolute atomic E-state index is 11.3. The second-order valence-electron chi connectivity index (χ2n) is 3.77. The molecule has 1 aliphatic heterocycles. The van der Waals surface area contributed by atoms with Crippen LogP contribution in [0.25, 0.3) is 0 Å². The molecule has 5 nitrogen and oxygen atoms in total. The third-order valence-corrected chi connectivity index (χ3v) is 2.24. The molecule has 5 heteroatoms. The average molecular weight is 214 g/mol. The highest BCUT2D eigenvalue weighted by Crippen LogP contribution is 2.09. The maximum atomic E-state index is 11.3. The zero-order valence-corrected chi connectivity index (χ0v) is 9.27. The monoisotopic (exact) mass is 214 g/mol. The van der Waals surface area contributed by atoms with Gasteiger partial charge >= 0.3 is 5.97 Å². The van der Waals surface area contributed by atoms with Crippen LogP contribution < -0.4 is 0 Å². The Morgan fingerprint density at radius 3 is 2.73 bits per heavy atom. The number of aliphatic hydroxyl groups is 1. The van der Waals surface area contributed by atoms with E-state index in [0.29, 0.717) is 0 Å². The minimum absolute atomic E-state index is 0.256. The Morgan fingerprint density at radius 1 is 1.60 bits per heavy atom. The number of carbonyl (C=O) groups is 1. The van der Waals surface area contributed by atoms with Crippen LogP contribution in [0.5, 0.6) is 0 Å². The fourth-order valence-corrected chi connectivity index (χ4v) is 1.34. The highest BCUT2D eigenvalue weighted by Gasteiger charge is 2.30. The van der Waals surface area contributed by atoms with Crippen molar-refractivity contribution in [1.29, 1.82) is 0 Å². The Kier molecular flexibility index (Phi) is 4.08. The minimum Gasteiger partial charge on any atom is -0.464 e. The van der Waals surface area contributed by atoms with Gasteiger partial charge in [0, 0.05) is 13.1 Å². The van der Waals surface area contributed by atoms with Gasteiger partial charge < -0.3 is 9.84 Å². The van der Waals surface area contributed by atoms with Gasteiger partial charge in [-0.15, -0.1) is 0 Å². The topological polar surface area (TPSA) is 62.1 Å². The highest BCUT2D eigenvalue weighted by molar-refractivity contribution is 5.97. The third-order valence-electron chi connectivity index (χ3n) is 2.24. The lowest BCUT2D eigenvalue weighted by Gasteiger charge is -2.17. The summed E-state index contributed by atoms with van der Waals surface area (Å²) < 4.78 is 4.72. The van der Waals surface area contributed by atoms with Crippen LogP contribution in [-0.4, -0.2) is 47.6 Å². The van der Waals surface area contributed by atoms with Crippen molar-refractivity contribution >= 4 is 12.2 Å². The number of hydrogen-bond donors (Lipinski definition) is 1. The van der Waals surface area contributed by atoms with E-state index in [2.05, 4.69) is 5.10 Å². The summed E-state index contributed by atoms with van der Waals surface area (Å²) in [6.07, 6.45) is 3.47. The predicted octanol–water partition coefficient (Wildman–Crippen LogP) is 0.382. The highest BCUT2D eigenvalue weighted by atomic mass is 16.5. The van der Waals surface area contributed by atoms with Crippen LogP contribution in [0.4, 0.5) is 0 Å². The van der Waals surface area contributed by atoms with Crippen LogP contribution in [0.2, 0.25) is 0 Å². The number of carbonyl (C=O) groups excluding carboxylic acids is 1. The molecule has 15 heavy (non-hydrogen) atoms. The van der Waals surface area contributed by atoms with Crippen molar-refractivity contribution in [3.63, 3.8) is 0 Å². The molecule has 1 unspecified atom stereocenters. The van der Waals surface area contributed by atoms with Crippen molar-refractivity contribution in [2.24, 2.45) is 5.10 Å². The van der Waals surface area contributed by atoms with Gasteiger partial charge in [0.2, 0.25) is 0 Å². The minimum atomic E-state index is -1.63. The summed E-state index contributed by atoms with van der Waals surface area (Å²) in [5, 5.41) is 15.6. The summed E-state index contributed by atoms with van der Waals surface area (Å²) in [6, 6.07) is 0. The Labute approximate surface area is 89.7 Å². The van der Waals surface area contributed by atoms with Crippen LogP contribution in [0, 0.1) is 0 Å². The van der Waals surface area contributed by atoms with Crippen molar-refractivity contribution < 1.29 is 14.6 Å². The molecule has 0 aromatic rings. The maximum Gasteiger partial charge on any atom is 0.343 e. The Balaban J connectivity index is 2.49. The molecule has 0 amide bonds. The zero-order valence-electron chi connectivity index (χ0n) is 9.27. The van der Waals surface area contributed by atoms with E-state index >= 15 is 0 Å². The zero-order chi connectivity index (χ0) is 11.3. The van der Waals surface area contributed by atoms with E-state index in [-0.39, 0.29) is 6.61 Å². The largest absolute Gasteiger partial charge is 0.464 e. The number of ether oxygens (including phenoxy) is 1. The van der Waals surface area contributed by atoms with Gasteiger partial charge in [-0.3, -0.25) is 5.01 Å². The van der Waals surface area contributed by atoms with Gasteiger partial charge in [0.05, 0.1) is 12.8 Å². The summed E-state index contributed by atoms with van der Waals surface area (Å²) in [5.41, 5.74) is -1.63. The Hall–Kier alpha value is -1.10. The molecule has 1 rings (SSSR count). The van der Waals surface area contributed by atoms with Crippen LogP contribution in [0.3, 0.4) is 0 Å². The van der Waals surface area contributed by atoms with Gasteiger partial charge in [0.25, 0.3) is 0 Å². The molecule has 0 saturated carbocycles. The van der Waals surface area contributed by atoms with E-state index < -0.39 is 11.6 Å². The molecular weight excluding hydrogens is 196 g/mol. The second kappa shape index (κ2) is 5.11. The number of rotatable bonds is 4. The lowest BCUT2D eigenvalue weighted by molar-refractivity contribution is -0.156. The molecule has 1 heterocycles. The van der Waals surface area contributed by atoms with Gasteiger partial charge in [-0.05, 0) is 26.7 Å². The van der Waals surface area contributed by atoms with Gasteiger partial charge in [-0.25, -0.2) is 4.79 Å². The first-order valence-corrected chi connectivity index (χ1v) is 5.26. The molecule has 1 atom stereocenters. The van der Waals surface area contributed by atoms with E-state index in [0.717, 1.165) is 25.9 Å². The SMILES string of the molecule is CCOC(=O)C(C)(O)/C=N/N1CCCC1. The van der Waals surface area contributed by atoms with Crippen LogP contribution in [0.15, 0.2) is 5.10 Å². The summed E-state index contributed by atoms with van der Waals surface area (Å²) in [5.74, 6) is -0.659. The van der Waals surface area contributed by atoms with Crippen LogP contribution in [0.1, 0.15) is 26.7 Å². The number of nitrogens with zero attached hydrogens (tertiary/aromatic N) is 2. The van der Waals surface area contributed by atoms with Crippen molar-refractivity contribution in [1.82, 2.24) is 5.01 Å². The normalized spacial score (nSPS) is 20.6. The first-order chi connectivity index (χ1) is 7.06. The quantitative estimate of drug-likeness (QED) is 0.543. The molecule has 1 saturated heterocycles. The molecule has 0 radical (unpaired) electrons. The van der Waals surface area contributed by atoms with E-state index in [1.165, 1.54) is 13.1 Å². The molecule has 1 N–H and O–H groups in total. The summed E-state index contributed by atoms with van der Waals surface area (Å²) in [4.78, 5) is 11.3. The Bertz CT molecular complexity index is 245. The molecule has 0 aromatic carbocycles. The van der Waals surface area contributed by atoms with Crippen molar-refractivity contribution in [2.75, 3.05) is 19.7 Å². The fraction of sp³-hybridized carbons (Fsp3) is 0.800. The summed E-state index contributed by atoms with van der Waals surface area (Å²) in [6.45, 7) is 5.10. The molecular formula is C10H18N2O3. The molecule has 0 spiro atoms. The smallest absolute Gasteiger partial charge is 0.343 e. The van der Waals surface area contributed by atoms with Crippen molar-refractivity contribution in [2.45, 2.75) is 32.3 Å². The van der Waals surface area contributed by atoms with Crippen molar-refractivity contribution in [3.05, 3.63) is 0 Å². The second-order valence-corrected chi connectivity index (χ2v) is 3.77. The van der Waals surface area contributed by atoms with Crippen LogP contribution in [-0.2, 0) is 9.53 Å². The lowest BCUT2D eigenvalue weighted by atomic mass is 10.1. The van der Waals surface area contributed by atoms with Gasteiger partial charge in [0.15, 0.2) is 5.60 Å². The number of esters is 1. The summed E-state index contributed by atoms with van der Waals surface area (Å²) >= 11 is 0. The van der Waals surface area contributed by atoms with E-state index in [1.54, 1.807) is 6.92 Å². The molecule has 0 aliphatic carbocycles. The fourth-order valence-electron chi connectivity index (χ4n) is 1.34. The predicted molar refractivity (Wildman–Crippen MR) is 56.6 cm³/mol. The van der Waals surface area contributed by atoms with Crippen LogP contribution >= 0.6 is 0 Å². The van der Waals surface area contributed by atoms with Gasteiger partial charge in [-0.2, -0.15) is 5.10 Å². The standard InChI is InChI=1S/C10H18N2O3/c1-3-15-9(13)10(2,14)8-11-12-6-4-5-7-12/h8,14H,3-7H2,1-2H3/b11-8+. The van der Waals surface area contributed by atoms with E-state index in [1.807, 2.05) is 5.01 Å². The summed E-state index contributed by atoms with van der Waals surface area (Å²) in [7, 11) is 0. The number of hydrogen-bond acceptors (Lipinski definition) is 5. The van der Waals surface area contributed by atoms with Crippen molar-refractivity contribution in [3.8, 4) is 0 Å². The first-order valence-electron chi connectivity index (χ1n) is 5.26. The molecule has 0 aromatic heterocycles. The molecule has 1 aliphatic rings. The first kappa shape index (κ1) is 12.0. The molecule has 1 fully saturated rings. The third kappa shape index (κ3) is 3.51. The van der Waals surface area contributed by atoms with Gasteiger partial charge in [-0.1, -0.05) is 0 Å². The number of hydrazone groups is 1. The Morgan fingerprint density at radius 2 is 2.20 bits per heavy atom. The van der Waals surface area contributed by atoms with E-state index in [4.69, 9.17) is 4.74 Å². The van der Waals surface area contributed by atoms with Gasteiger partial charge in [0.1, 0.15) is 0 Å². The lowest BCUT2D eigenvalue weighted by Crippen LogP contribution is -2.39. The average Bonchev–Trinajstić information content (AvgIpc) is 2.68. The van der Waals surface area contributed by atoms with E-state index in [9.17, 15) is 9.90 Å². The molecule has 86 valence electrons.